The van der Waals surface area contributed by atoms with Gasteiger partial charge >= 0.3 is 0 Å². The van der Waals surface area contributed by atoms with Gasteiger partial charge in [-0.3, -0.25) is 0 Å². The molecule has 7 heteroatoms. The van der Waals surface area contributed by atoms with E-state index in [2.05, 4.69) is 0 Å². The van der Waals surface area contributed by atoms with Crippen LogP contribution in [0.5, 0.6) is 5.75 Å². The number of ether oxygens (including phenoxy) is 1. The van der Waals surface area contributed by atoms with E-state index in [1.807, 2.05) is 0 Å². The van der Waals surface area contributed by atoms with Gasteiger partial charge in [-0.05, 0) is 12.1 Å². The summed E-state index contributed by atoms with van der Waals surface area (Å²) >= 11 is 30.1. The van der Waals surface area contributed by atoms with Gasteiger partial charge in [-0.15, -0.1) is 0 Å². The average Bonchev–Trinajstić information content (AvgIpc) is 2.44. The predicted molar refractivity (Wildman–Crippen MR) is 83.4 cm³/mol. The van der Waals surface area contributed by atoms with Crippen molar-refractivity contribution in [2.75, 3.05) is 7.11 Å². The number of methoxy groups -OCH3 is 1. The van der Waals surface area contributed by atoms with Crippen LogP contribution in [0.25, 0.3) is 11.1 Å². The number of hydrogen-bond acceptors (Lipinski definition) is 1. The molecule has 0 bridgehead atoms. The van der Waals surface area contributed by atoms with Crippen molar-refractivity contribution in [2.45, 2.75) is 0 Å². The van der Waals surface area contributed by atoms with Crippen LogP contribution in [-0.4, -0.2) is 7.11 Å². The molecule has 2 aromatic carbocycles. The van der Waals surface area contributed by atoms with E-state index in [4.69, 9.17) is 62.7 Å². The summed E-state index contributed by atoms with van der Waals surface area (Å²) in [6, 6.07) is 4.32. The van der Waals surface area contributed by atoms with E-state index in [9.17, 15) is 4.39 Å². The molecule has 0 saturated heterocycles. The molecule has 0 heterocycles. The molecule has 0 atom stereocenters. The van der Waals surface area contributed by atoms with Crippen LogP contribution in [0, 0.1) is 5.82 Å². The Morgan fingerprint density at radius 2 is 1.30 bits per heavy atom. The third-order valence-electron chi connectivity index (χ3n) is 2.66. The normalized spacial score (nSPS) is 10.8. The van der Waals surface area contributed by atoms with E-state index in [-0.39, 0.29) is 42.0 Å². The summed E-state index contributed by atoms with van der Waals surface area (Å²) < 4.78 is 19.3. The van der Waals surface area contributed by atoms with Gasteiger partial charge in [0.1, 0.15) is 11.6 Å². The van der Waals surface area contributed by atoms with Crippen molar-refractivity contribution in [1.82, 2.24) is 0 Å². The van der Waals surface area contributed by atoms with Gasteiger partial charge in [-0.25, -0.2) is 4.39 Å². The lowest BCUT2D eigenvalue weighted by molar-refractivity contribution is 0.413. The summed E-state index contributed by atoms with van der Waals surface area (Å²) in [5.41, 5.74) is 0.216. The van der Waals surface area contributed by atoms with Crippen molar-refractivity contribution in [3.63, 3.8) is 0 Å². The van der Waals surface area contributed by atoms with Gasteiger partial charge in [-0.1, -0.05) is 64.1 Å². The fourth-order valence-corrected chi connectivity index (χ4v) is 3.07. The Labute approximate surface area is 140 Å². The van der Waals surface area contributed by atoms with Crippen molar-refractivity contribution in [3.05, 3.63) is 49.1 Å². The first kappa shape index (κ1) is 16.0. The van der Waals surface area contributed by atoms with E-state index < -0.39 is 5.82 Å². The Bertz CT molecular complexity index is 658. The summed E-state index contributed by atoms with van der Waals surface area (Å²) in [6.07, 6.45) is 0. The highest BCUT2D eigenvalue weighted by molar-refractivity contribution is 6.56. The van der Waals surface area contributed by atoms with Crippen LogP contribution in [0.3, 0.4) is 0 Å². The van der Waals surface area contributed by atoms with Gasteiger partial charge < -0.3 is 4.74 Å². The standard InChI is InChI=1S/C13H6Cl5FO/c1-20-6-4-2-3-5(19)7(6)8-9(14)11(16)13(18)12(17)10(8)15/h2-4H,1H3. The van der Waals surface area contributed by atoms with Crippen LogP contribution < -0.4 is 4.74 Å². The van der Waals surface area contributed by atoms with Crippen LogP contribution in [-0.2, 0) is 0 Å². The second kappa shape index (κ2) is 6.17. The molecule has 0 aromatic heterocycles. The average molecular weight is 374 g/mol. The number of halogens is 6. The van der Waals surface area contributed by atoms with E-state index in [1.165, 1.54) is 19.2 Å². The Kier molecular flexibility index (Phi) is 4.93. The Hall–Kier alpha value is -0.380. The van der Waals surface area contributed by atoms with Crippen molar-refractivity contribution in [1.29, 1.82) is 0 Å². The van der Waals surface area contributed by atoms with E-state index in [0.29, 0.717) is 0 Å². The highest BCUT2D eigenvalue weighted by atomic mass is 35.5. The van der Waals surface area contributed by atoms with E-state index in [1.54, 1.807) is 6.07 Å². The molecule has 20 heavy (non-hydrogen) atoms. The molecule has 106 valence electrons. The van der Waals surface area contributed by atoms with Crippen LogP contribution >= 0.6 is 58.0 Å². The molecule has 1 nitrogen and oxygen atoms in total. The van der Waals surface area contributed by atoms with Gasteiger partial charge in [0.25, 0.3) is 0 Å². The quantitative estimate of drug-likeness (QED) is 0.416. The van der Waals surface area contributed by atoms with Crippen LogP contribution in [0.1, 0.15) is 0 Å². The molecule has 0 fully saturated rings. The summed E-state index contributed by atoms with van der Waals surface area (Å²) in [7, 11) is 1.40. The van der Waals surface area contributed by atoms with Crippen LogP contribution in [0.2, 0.25) is 25.1 Å². The van der Waals surface area contributed by atoms with Gasteiger partial charge in [-0.2, -0.15) is 0 Å². The first-order valence-electron chi connectivity index (χ1n) is 5.24. The number of rotatable bonds is 2. The molecular formula is C13H6Cl5FO. The minimum absolute atomic E-state index is 0.00281. The predicted octanol–water partition coefficient (Wildman–Crippen LogP) is 6.77. The molecule has 0 aliphatic rings. The smallest absolute Gasteiger partial charge is 0.134 e. The second-order valence-electron chi connectivity index (χ2n) is 3.76. The lowest BCUT2D eigenvalue weighted by Crippen LogP contribution is -1.94. The molecule has 2 aromatic rings. The van der Waals surface area contributed by atoms with Crippen molar-refractivity contribution < 1.29 is 9.13 Å². The maximum absolute atomic E-state index is 14.1. The van der Waals surface area contributed by atoms with Crippen molar-refractivity contribution in [3.8, 4) is 16.9 Å². The molecule has 2 rings (SSSR count). The lowest BCUT2D eigenvalue weighted by atomic mass is 10.0. The minimum atomic E-state index is -0.567. The number of benzene rings is 2. The monoisotopic (exact) mass is 372 g/mol. The summed E-state index contributed by atoms with van der Waals surface area (Å²) in [6.45, 7) is 0. The molecule has 0 saturated carbocycles. The van der Waals surface area contributed by atoms with Crippen molar-refractivity contribution in [2.24, 2.45) is 0 Å². The second-order valence-corrected chi connectivity index (χ2v) is 5.65. The first-order chi connectivity index (χ1) is 9.40. The fraction of sp³-hybridized carbons (Fsp3) is 0.0769. The highest BCUT2D eigenvalue weighted by Gasteiger charge is 2.24. The van der Waals surface area contributed by atoms with Crippen molar-refractivity contribution >= 4 is 58.0 Å². The molecule has 0 spiro atoms. The topological polar surface area (TPSA) is 9.23 Å². The first-order valence-corrected chi connectivity index (χ1v) is 7.13. The summed E-state index contributed by atoms with van der Waals surface area (Å²) in [5, 5.41) is 0.0393. The zero-order valence-corrected chi connectivity index (χ0v) is 13.7. The van der Waals surface area contributed by atoms with Gasteiger partial charge in [0, 0.05) is 5.56 Å². The summed E-state index contributed by atoms with van der Waals surface area (Å²) in [5.74, 6) is -0.314. The highest BCUT2D eigenvalue weighted by Crippen LogP contribution is 2.50. The van der Waals surface area contributed by atoms with E-state index in [0.717, 1.165) is 0 Å². The maximum atomic E-state index is 14.1. The maximum Gasteiger partial charge on any atom is 0.134 e. The Balaban J connectivity index is 2.91. The van der Waals surface area contributed by atoms with Crippen LogP contribution in [0.15, 0.2) is 18.2 Å². The molecule has 0 unspecified atom stereocenters. The summed E-state index contributed by atoms with van der Waals surface area (Å²) in [4.78, 5) is 0. The SMILES string of the molecule is COc1cccc(F)c1-c1c(Cl)c(Cl)c(Cl)c(Cl)c1Cl. The molecule has 0 aliphatic heterocycles. The van der Waals surface area contributed by atoms with Crippen LogP contribution in [0.4, 0.5) is 4.39 Å². The Morgan fingerprint density at radius 1 is 0.800 bits per heavy atom. The van der Waals surface area contributed by atoms with Gasteiger partial charge in [0.05, 0.1) is 37.8 Å². The third kappa shape index (κ3) is 2.56. The largest absolute Gasteiger partial charge is 0.496 e. The molecule has 0 amide bonds. The van der Waals surface area contributed by atoms with Gasteiger partial charge in [0.15, 0.2) is 0 Å². The zero-order chi connectivity index (χ0) is 15.0. The molecule has 0 radical (unpaired) electrons. The van der Waals surface area contributed by atoms with E-state index >= 15 is 0 Å². The van der Waals surface area contributed by atoms with Gasteiger partial charge in [0.2, 0.25) is 0 Å². The molecule has 0 N–H and O–H groups in total. The zero-order valence-electron chi connectivity index (χ0n) is 9.91. The molecule has 0 aliphatic carbocycles. The lowest BCUT2D eigenvalue weighted by Gasteiger charge is -2.15. The Morgan fingerprint density at radius 3 is 1.80 bits per heavy atom. The third-order valence-corrected chi connectivity index (χ3v) is 4.93. The fourth-order valence-electron chi connectivity index (χ4n) is 1.74. The molecular weight excluding hydrogens is 368 g/mol. The minimum Gasteiger partial charge on any atom is -0.496 e. The number of hydrogen-bond donors (Lipinski definition) is 0.